The third-order valence-electron chi connectivity index (χ3n) is 3.15. The van der Waals surface area contributed by atoms with Gasteiger partial charge in [-0.25, -0.2) is 0 Å². The molecule has 16 heavy (non-hydrogen) atoms. The summed E-state index contributed by atoms with van der Waals surface area (Å²) in [6.07, 6.45) is 6.81. The molecule has 2 aromatic rings. The first kappa shape index (κ1) is 9.54. The van der Waals surface area contributed by atoms with Crippen molar-refractivity contribution in [2.24, 2.45) is 5.73 Å². The van der Waals surface area contributed by atoms with E-state index in [-0.39, 0.29) is 6.04 Å². The zero-order valence-electron chi connectivity index (χ0n) is 8.98. The van der Waals surface area contributed by atoms with Crippen molar-refractivity contribution < 1.29 is 0 Å². The SMILES string of the molecule is NC1CCCc2[nH]nc(-c3ccncc3)c21. The monoisotopic (exact) mass is 214 g/mol. The second-order valence-corrected chi connectivity index (χ2v) is 4.20. The van der Waals surface area contributed by atoms with E-state index in [2.05, 4.69) is 15.2 Å². The molecule has 1 atom stereocenters. The molecule has 0 amide bonds. The number of aromatic amines is 1. The first-order valence-corrected chi connectivity index (χ1v) is 5.59. The maximum atomic E-state index is 6.15. The van der Waals surface area contributed by atoms with Crippen molar-refractivity contribution in [1.82, 2.24) is 15.2 Å². The Morgan fingerprint density at radius 2 is 2.12 bits per heavy atom. The molecule has 4 nitrogen and oxygen atoms in total. The fourth-order valence-electron chi connectivity index (χ4n) is 2.35. The summed E-state index contributed by atoms with van der Waals surface area (Å²) in [7, 11) is 0. The summed E-state index contributed by atoms with van der Waals surface area (Å²) in [5.41, 5.74) is 10.6. The van der Waals surface area contributed by atoms with Crippen LogP contribution < -0.4 is 5.73 Å². The summed E-state index contributed by atoms with van der Waals surface area (Å²) in [6, 6.07) is 4.06. The van der Waals surface area contributed by atoms with Gasteiger partial charge in [0, 0.05) is 35.3 Å². The maximum Gasteiger partial charge on any atom is 0.0972 e. The van der Waals surface area contributed by atoms with E-state index in [9.17, 15) is 0 Å². The van der Waals surface area contributed by atoms with Gasteiger partial charge in [-0.05, 0) is 31.4 Å². The first-order valence-electron chi connectivity index (χ1n) is 5.59. The Morgan fingerprint density at radius 3 is 2.94 bits per heavy atom. The predicted octanol–water partition coefficient (Wildman–Crippen LogP) is 1.81. The maximum absolute atomic E-state index is 6.15. The van der Waals surface area contributed by atoms with Crippen molar-refractivity contribution in [2.75, 3.05) is 0 Å². The molecule has 82 valence electrons. The number of nitrogens with one attached hydrogen (secondary N) is 1. The van der Waals surface area contributed by atoms with Crippen molar-refractivity contribution in [2.45, 2.75) is 25.3 Å². The molecule has 0 radical (unpaired) electrons. The van der Waals surface area contributed by atoms with Gasteiger partial charge in [0.05, 0.1) is 5.69 Å². The number of H-pyrrole nitrogens is 1. The van der Waals surface area contributed by atoms with Crippen LogP contribution in [0.4, 0.5) is 0 Å². The van der Waals surface area contributed by atoms with Crippen molar-refractivity contribution in [3.63, 3.8) is 0 Å². The van der Waals surface area contributed by atoms with E-state index in [1.165, 1.54) is 11.3 Å². The van der Waals surface area contributed by atoms with Crippen molar-refractivity contribution >= 4 is 0 Å². The Morgan fingerprint density at radius 1 is 1.31 bits per heavy atom. The molecule has 3 rings (SSSR count). The third kappa shape index (κ3) is 1.42. The van der Waals surface area contributed by atoms with Gasteiger partial charge >= 0.3 is 0 Å². The van der Waals surface area contributed by atoms with E-state index >= 15 is 0 Å². The van der Waals surface area contributed by atoms with Crippen LogP contribution in [0.15, 0.2) is 24.5 Å². The topological polar surface area (TPSA) is 67.6 Å². The van der Waals surface area contributed by atoms with Gasteiger partial charge < -0.3 is 5.73 Å². The number of fused-ring (bicyclic) bond motifs is 1. The number of nitrogens with two attached hydrogens (primary N) is 1. The zero-order chi connectivity index (χ0) is 11.0. The summed E-state index contributed by atoms with van der Waals surface area (Å²) in [6.45, 7) is 0. The third-order valence-corrected chi connectivity index (χ3v) is 3.15. The van der Waals surface area contributed by atoms with Crippen LogP contribution in [0, 0.1) is 0 Å². The van der Waals surface area contributed by atoms with E-state index in [0.717, 1.165) is 30.5 Å². The predicted molar refractivity (Wildman–Crippen MR) is 61.7 cm³/mol. The van der Waals surface area contributed by atoms with Gasteiger partial charge in [-0.1, -0.05) is 0 Å². The molecule has 1 unspecified atom stereocenters. The highest BCUT2D eigenvalue weighted by Crippen LogP contribution is 2.33. The number of pyridine rings is 1. The Labute approximate surface area is 93.9 Å². The van der Waals surface area contributed by atoms with Crippen molar-refractivity contribution in [3.05, 3.63) is 35.8 Å². The smallest absolute Gasteiger partial charge is 0.0972 e. The van der Waals surface area contributed by atoms with Crippen LogP contribution >= 0.6 is 0 Å². The van der Waals surface area contributed by atoms with Gasteiger partial charge in [-0.2, -0.15) is 5.10 Å². The van der Waals surface area contributed by atoms with Gasteiger partial charge in [0.1, 0.15) is 0 Å². The lowest BCUT2D eigenvalue weighted by Gasteiger charge is -2.18. The highest BCUT2D eigenvalue weighted by Gasteiger charge is 2.23. The van der Waals surface area contributed by atoms with Crippen LogP contribution in [0.1, 0.15) is 30.1 Å². The zero-order valence-corrected chi connectivity index (χ0v) is 8.98. The average Bonchev–Trinajstić information content (AvgIpc) is 2.75. The van der Waals surface area contributed by atoms with E-state index in [4.69, 9.17) is 5.73 Å². The Hall–Kier alpha value is -1.68. The molecule has 0 saturated carbocycles. The molecule has 0 aliphatic heterocycles. The van der Waals surface area contributed by atoms with Gasteiger partial charge in [0.25, 0.3) is 0 Å². The molecule has 3 N–H and O–H groups in total. The Kier molecular flexibility index (Phi) is 2.22. The highest BCUT2D eigenvalue weighted by molar-refractivity contribution is 5.64. The van der Waals surface area contributed by atoms with Crippen LogP contribution in [0.3, 0.4) is 0 Å². The van der Waals surface area contributed by atoms with Gasteiger partial charge in [-0.15, -0.1) is 0 Å². The molecule has 2 aromatic heterocycles. The fraction of sp³-hybridized carbons (Fsp3) is 0.333. The first-order chi connectivity index (χ1) is 7.86. The molecule has 2 heterocycles. The molecule has 0 aromatic carbocycles. The second-order valence-electron chi connectivity index (χ2n) is 4.20. The molecular formula is C12H14N4. The minimum Gasteiger partial charge on any atom is -0.324 e. The number of nitrogens with zero attached hydrogens (tertiary/aromatic N) is 2. The molecule has 4 heteroatoms. The molecule has 0 saturated heterocycles. The molecule has 1 aliphatic rings. The second kappa shape index (κ2) is 3.72. The molecule has 0 spiro atoms. The summed E-state index contributed by atoms with van der Waals surface area (Å²) in [4.78, 5) is 4.02. The molecule has 0 bridgehead atoms. The number of aromatic nitrogens is 3. The van der Waals surface area contributed by atoms with E-state index in [0.29, 0.717) is 0 Å². The standard InChI is InChI=1S/C12H14N4/c13-9-2-1-3-10-11(9)12(16-15-10)8-4-6-14-7-5-8/h4-7,9H,1-3,13H2,(H,15,16). The normalized spacial score (nSPS) is 19.4. The summed E-state index contributed by atoms with van der Waals surface area (Å²) in [5.74, 6) is 0. The number of hydrogen-bond donors (Lipinski definition) is 2. The lowest BCUT2D eigenvalue weighted by atomic mass is 9.90. The molecule has 0 fully saturated rings. The van der Waals surface area contributed by atoms with Crippen LogP contribution in [0.25, 0.3) is 11.3 Å². The van der Waals surface area contributed by atoms with E-state index in [1.54, 1.807) is 12.4 Å². The number of hydrogen-bond acceptors (Lipinski definition) is 3. The minimum absolute atomic E-state index is 0.116. The molecular weight excluding hydrogens is 200 g/mol. The van der Waals surface area contributed by atoms with E-state index < -0.39 is 0 Å². The summed E-state index contributed by atoms with van der Waals surface area (Å²) in [5, 5.41) is 7.49. The van der Waals surface area contributed by atoms with Crippen LogP contribution in [-0.2, 0) is 6.42 Å². The minimum atomic E-state index is 0.116. The van der Waals surface area contributed by atoms with E-state index in [1.807, 2.05) is 12.1 Å². The molecule has 1 aliphatic carbocycles. The Balaban J connectivity index is 2.13. The summed E-state index contributed by atoms with van der Waals surface area (Å²) >= 11 is 0. The number of aryl methyl sites for hydroxylation is 1. The lowest BCUT2D eigenvalue weighted by Crippen LogP contribution is -2.17. The largest absolute Gasteiger partial charge is 0.324 e. The quantitative estimate of drug-likeness (QED) is 0.760. The van der Waals surface area contributed by atoms with Gasteiger partial charge in [0.15, 0.2) is 0 Å². The Bertz CT molecular complexity index is 489. The van der Waals surface area contributed by atoms with Crippen LogP contribution in [-0.4, -0.2) is 15.2 Å². The van der Waals surface area contributed by atoms with Crippen LogP contribution in [0.5, 0.6) is 0 Å². The van der Waals surface area contributed by atoms with Crippen molar-refractivity contribution in [3.8, 4) is 11.3 Å². The fourth-order valence-corrected chi connectivity index (χ4v) is 2.35. The van der Waals surface area contributed by atoms with Crippen molar-refractivity contribution in [1.29, 1.82) is 0 Å². The number of rotatable bonds is 1. The lowest BCUT2D eigenvalue weighted by molar-refractivity contribution is 0.567. The summed E-state index contributed by atoms with van der Waals surface area (Å²) < 4.78 is 0. The van der Waals surface area contributed by atoms with Crippen LogP contribution in [0.2, 0.25) is 0 Å². The van der Waals surface area contributed by atoms with Gasteiger partial charge in [-0.3, -0.25) is 10.1 Å². The average molecular weight is 214 g/mol. The highest BCUT2D eigenvalue weighted by atomic mass is 15.1. The van der Waals surface area contributed by atoms with Gasteiger partial charge in [0.2, 0.25) is 0 Å².